The van der Waals surface area contributed by atoms with Crippen molar-refractivity contribution in [2.45, 2.75) is 13.3 Å². The number of hydrogen-bond donors (Lipinski definition) is 0. The van der Waals surface area contributed by atoms with Crippen molar-refractivity contribution in [3.63, 3.8) is 0 Å². The lowest BCUT2D eigenvalue weighted by Gasteiger charge is -2.17. The zero-order valence-electron chi connectivity index (χ0n) is 10.6. The van der Waals surface area contributed by atoms with E-state index in [9.17, 15) is 4.79 Å². The lowest BCUT2D eigenvalue weighted by atomic mass is 10.0. The van der Waals surface area contributed by atoms with Crippen LogP contribution in [0.3, 0.4) is 0 Å². The molecule has 0 amide bonds. The molecule has 0 radical (unpaired) electrons. The van der Waals surface area contributed by atoms with Crippen LogP contribution < -0.4 is 4.74 Å². The SMILES string of the molecule is Cc1cccc(N=C2CC(=O)Oc3ccccc32)c1. The van der Waals surface area contributed by atoms with Gasteiger partial charge in [0.1, 0.15) is 5.75 Å². The van der Waals surface area contributed by atoms with Gasteiger partial charge in [0.2, 0.25) is 0 Å². The number of benzene rings is 2. The highest BCUT2D eigenvalue weighted by atomic mass is 16.5. The number of hydrogen-bond acceptors (Lipinski definition) is 3. The lowest BCUT2D eigenvalue weighted by Crippen LogP contribution is -2.21. The van der Waals surface area contributed by atoms with Crippen molar-refractivity contribution in [3.05, 3.63) is 59.7 Å². The predicted octanol–water partition coefficient (Wildman–Crippen LogP) is 3.42. The molecule has 19 heavy (non-hydrogen) atoms. The van der Waals surface area contributed by atoms with Gasteiger partial charge in [0.05, 0.1) is 17.8 Å². The van der Waals surface area contributed by atoms with Gasteiger partial charge in [0.25, 0.3) is 0 Å². The maximum atomic E-state index is 11.6. The quantitative estimate of drug-likeness (QED) is 0.575. The molecule has 1 heterocycles. The van der Waals surface area contributed by atoms with Crippen LogP contribution in [0.1, 0.15) is 17.5 Å². The lowest BCUT2D eigenvalue weighted by molar-refractivity contribution is -0.133. The molecule has 0 saturated carbocycles. The van der Waals surface area contributed by atoms with Gasteiger partial charge in [-0.05, 0) is 36.8 Å². The van der Waals surface area contributed by atoms with Gasteiger partial charge >= 0.3 is 5.97 Å². The summed E-state index contributed by atoms with van der Waals surface area (Å²) in [7, 11) is 0. The van der Waals surface area contributed by atoms with E-state index in [1.807, 2.05) is 49.4 Å². The third-order valence-electron chi connectivity index (χ3n) is 3.00. The minimum atomic E-state index is -0.259. The maximum Gasteiger partial charge on any atom is 0.317 e. The van der Waals surface area contributed by atoms with Crippen molar-refractivity contribution in [1.29, 1.82) is 0 Å². The Morgan fingerprint density at radius 1 is 1.11 bits per heavy atom. The first-order valence-electron chi connectivity index (χ1n) is 6.17. The topological polar surface area (TPSA) is 38.7 Å². The number of nitrogens with zero attached hydrogens (tertiary/aromatic N) is 1. The summed E-state index contributed by atoms with van der Waals surface area (Å²) in [5, 5.41) is 0. The fourth-order valence-corrected chi connectivity index (χ4v) is 2.14. The Morgan fingerprint density at radius 3 is 2.79 bits per heavy atom. The third-order valence-corrected chi connectivity index (χ3v) is 3.00. The molecule has 1 aliphatic heterocycles. The highest BCUT2D eigenvalue weighted by Gasteiger charge is 2.22. The van der Waals surface area contributed by atoms with E-state index in [1.165, 1.54) is 0 Å². The number of esters is 1. The van der Waals surface area contributed by atoms with Gasteiger partial charge in [-0.3, -0.25) is 9.79 Å². The number of aliphatic imine (C=N–C) groups is 1. The smallest absolute Gasteiger partial charge is 0.317 e. The van der Waals surface area contributed by atoms with Crippen LogP contribution in [0.4, 0.5) is 5.69 Å². The number of para-hydroxylation sites is 1. The van der Waals surface area contributed by atoms with Gasteiger partial charge in [-0.15, -0.1) is 0 Å². The second-order valence-electron chi connectivity index (χ2n) is 4.54. The molecule has 3 nitrogen and oxygen atoms in total. The van der Waals surface area contributed by atoms with Crippen LogP contribution >= 0.6 is 0 Å². The van der Waals surface area contributed by atoms with Gasteiger partial charge in [-0.25, -0.2) is 0 Å². The Bertz CT molecular complexity index is 674. The van der Waals surface area contributed by atoms with E-state index in [1.54, 1.807) is 6.07 Å². The molecule has 0 aromatic heterocycles. The summed E-state index contributed by atoms with van der Waals surface area (Å²) >= 11 is 0. The molecule has 94 valence electrons. The Hall–Kier alpha value is -2.42. The molecule has 3 rings (SSSR count). The second-order valence-corrected chi connectivity index (χ2v) is 4.54. The molecule has 2 aromatic carbocycles. The Morgan fingerprint density at radius 2 is 1.95 bits per heavy atom. The van der Waals surface area contributed by atoms with E-state index in [2.05, 4.69) is 4.99 Å². The van der Waals surface area contributed by atoms with E-state index in [-0.39, 0.29) is 12.4 Å². The van der Waals surface area contributed by atoms with Crippen molar-refractivity contribution in [3.8, 4) is 5.75 Å². The molecular weight excluding hydrogens is 238 g/mol. The van der Waals surface area contributed by atoms with Crippen LogP contribution in [-0.4, -0.2) is 11.7 Å². The highest BCUT2D eigenvalue weighted by Crippen LogP contribution is 2.27. The van der Waals surface area contributed by atoms with Crippen LogP contribution in [0.25, 0.3) is 0 Å². The summed E-state index contributed by atoms with van der Waals surface area (Å²) in [6.07, 6.45) is 0.213. The molecule has 0 fully saturated rings. The van der Waals surface area contributed by atoms with Gasteiger partial charge < -0.3 is 4.74 Å². The second kappa shape index (κ2) is 4.69. The molecule has 0 N–H and O–H groups in total. The fourth-order valence-electron chi connectivity index (χ4n) is 2.14. The zero-order valence-corrected chi connectivity index (χ0v) is 10.6. The van der Waals surface area contributed by atoms with Crippen molar-refractivity contribution < 1.29 is 9.53 Å². The first kappa shape index (κ1) is 11.7. The van der Waals surface area contributed by atoms with Crippen molar-refractivity contribution >= 4 is 17.4 Å². The average molecular weight is 251 g/mol. The third kappa shape index (κ3) is 2.40. The van der Waals surface area contributed by atoms with Gasteiger partial charge in [0.15, 0.2) is 0 Å². The molecule has 0 unspecified atom stereocenters. The first-order chi connectivity index (χ1) is 9.22. The van der Waals surface area contributed by atoms with Gasteiger partial charge in [-0.2, -0.15) is 0 Å². The number of rotatable bonds is 1. The molecule has 0 aliphatic carbocycles. The minimum absolute atomic E-state index is 0.213. The standard InChI is InChI=1S/C16H13NO2/c1-11-5-4-6-12(9-11)17-14-10-16(18)19-15-8-3-2-7-13(14)15/h2-9H,10H2,1H3. The number of ether oxygens (including phenoxy) is 1. The van der Waals surface area contributed by atoms with Crippen molar-refractivity contribution in [1.82, 2.24) is 0 Å². The Kier molecular flexibility index (Phi) is 2.88. The van der Waals surface area contributed by atoms with Crippen LogP contribution in [0.2, 0.25) is 0 Å². The molecule has 0 bridgehead atoms. The van der Waals surface area contributed by atoms with Crippen LogP contribution in [0, 0.1) is 6.92 Å². The predicted molar refractivity (Wildman–Crippen MR) is 74.1 cm³/mol. The van der Waals surface area contributed by atoms with Crippen LogP contribution in [0.15, 0.2) is 53.5 Å². The summed E-state index contributed by atoms with van der Waals surface area (Å²) in [5.74, 6) is 0.329. The summed E-state index contributed by atoms with van der Waals surface area (Å²) in [6, 6.07) is 15.4. The van der Waals surface area contributed by atoms with E-state index < -0.39 is 0 Å². The largest absolute Gasteiger partial charge is 0.426 e. The average Bonchev–Trinajstić information content (AvgIpc) is 2.38. The molecule has 0 atom stereocenters. The van der Waals surface area contributed by atoms with E-state index in [4.69, 9.17) is 4.74 Å². The monoisotopic (exact) mass is 251 g/mol. The minimum Gasteiger partial charge on any atom is -0.426 e. The van der Waals surface area contributed by atoms with Crippen LogP contribution in [0.5, 0.6) is 5.75 Å². The first-order valence-corrected chi connectivity index (χ1v) is 6.17. The zero-order chi connectivity index (χ0) is 13.2. The summed E-state index contributed by atoms with van der Waals surface area (Å²) in [4.78, 5) is 16.2. The number of carbonyl (C=O) groups excluding carboxylic acids is 1. The summed E-state index contributed by atoms with van der Waals surface area (Å²) in [6.45, 7) is 2.02. The Balaban J connectivity index is 2.08. The van der Waals surface area contributed by atoms with E-state index in [0.29, 0.717) is 5.75 Å². The fraction of sp³-hybridized carbons (Fsp3) is 0.125. The van der Waals surface area contributed by atoms with Gasteiger partial charge in [0, 0.05) is 5.56 Å². The molecule has 0 saturated heterocycles. The number of carbonyl (C=O) groups is 1. The Labute approximate surface area is 111 Å². The van der Waals surface area contributed by atoms with Crippen molar-refractivity contribution in [2.24, 2.45) is 4.99 Å². The summed E-state index contributed by atoms with van der Waals surface area (Å²) in [5.41, 5.74) is 3.66. The normalized spacial score (nSPS) is 16.1. The number of fused-ring (bicyclic) bond motifs is 1. The molecule has 3 heteroatoms. The molecule has 0 spiro atoms. The van der Waals surface area contributed by atoms with Gasteiger partial charge in [-0.1, -0.05) is 24.3 Å². The molecule has 1 aliphatic rings. The summed E-state index contributed by atoms with van der Waals surface area (Å²) < 4.78 is 5.20. The van der Waals surface area contributed by atoms with E-state index >= 15 is 0 Å². The highest BCUT2D eigenvalue weighted by molar-refractivity contribution is 6.14. The molecular formula is C16H13NO2. The van der Waals surface area contributed by atoms with E-state index in [0.717, 1.165) is 22.5 Å². The maximum absolute atomic E-state index is 11.6. The van der Waals surface area contributed by atoms with Crippen LogP contribution in [-0.2, 0) is 4.79 Å². The number of aryl methyl sites for hydroxylation is 1. The molecule has 2 aromatic rings. The van der Waals surface area contributed by atoms with Crippen molar-refractivity contribution in [2.75, 3.05) is 0 Å².